The van der Waals surface area contributed by atoms with Crippen molar-refractivity contribution in [3.05, 3.63) is 0 Å². The molecule has 0 spiro atoms. The molecule has 1 saturated carbocycles. The van der Waals surface area contributed by atoms with Gasteiger partial charge in [-0.05, 0) is 26.7 Å². The summed E-state index contributed by atoms with van der Waals surface area (Å²) in [5.74, 6) is 0.241. The molecule has 2 rings (SSSR count). The molecule has 5 nitrogen and oxygen atoms in total. The smallest absolute Gasteiger partial charge is 0.215 e. The second-order valence-electron chi connectivity index (χ2n) is 5.57. The second kappa shape index (κ2) is 5.86. The predicted molar refractivity (Wildman–Crippen MR) is 73.1 cm³/mol. The van der Waals surface area contributed by atoms with E-state index in [9.17, 15) is 8.42 Å². The van der Waals surface area contributed by atoms with Crippen LogP contribution in [-0.2, 0) is 10.0 Å². The maximum absolute atomic E-state index is 12.1. The minimum absolute atomic E-state index is 0.241. The lowest BCUT2D eigenvalue weighted by Crippen LogP contribution is -2.51. The van der Waals surface area contributed by atoms with Gasteiger partial charge in [0.2, 0.25) is 10.0 Å². The summed E-state index contributed by atoms with van der Waals surface area (Å²) in [5, 5.41) is 3.26. The molecule has 1 aliphatic heterocycles. The van der Waals surface area contributed by atoms with E-state index in [0.29, 0.717) is 31.7 Å². The van der Waals surface area contributed by atoms with Crippen molar-refractivity contribution in [1.29, 1.82) is 0 Å². The van der Waals surface area contributed by atoms with Gasteiger partial charge in [-0.25, -0.2) is 8.42 Å². The first-order valence-corrected chi connectivity index (χ1v) is 8.55. The summed E-state index contributed by atoms with van der Waals surface area (Å²) in [6.45, 7) is 7.90. The van der Waals surface area contributed by atoms with Crippen LogP contribution in [0.2, 0.25) is 0 Å². The first-order valence-electron chi connectivity index (χ1n) is 6.94. The highest BCUT2D eigenvalue weighted by Gasteiger charge is 2.28. The summed E-state index contributed by atoms with van der Waals surface area (Å²) >= 11 is 0. The largest absolute Gasteiger partial charge is 0.313 e. The average molecular weight is 275 g/mol. The van der Waals surface area contributed by atoms with Crippen LogP contribution >= 0.6 is 0 Å². The molecule has 1 aliphatic carbocycles. The van der Waals surface area contributed by atoms with E-state index in [4.69, 9.17) is 0 Å². The highest BCUT2D eigenvalue weighted by molar-refractivity contribution is 7.89. The van der Waals surface area contributed by atoms with E-state index < -0.39 is 10.0 Å². The Labute approximate surface area is 111 Å². The zero-order valence-corrected chi connectivity index (χ0v) is 12.2. The summed E-state index contributed by atoms with van der Waals surface area (Å²) in [6, 6.07) is 1.09. The van der Waals surface area contributed by atoms with Crippen LogP contribution in [0.25, 0.3) is 0 Å². The third-order valence-electron chi connectivity index (χ3n) is 3.77. The van der Waals surface area contributed by atoms with Crippen molar-refractivity contribution in [3.8, 4) is 0 Å². The number of hydrogen-bond donors (Lipinski definition) is 1. The van der Waals surface area contributed by atoms with Crippen LogP contribution in [0.1, 0.15) is 26.7 Å². The molecule has 106 valence electrons. The van der Waals surface area contributed by atoms with E-state index in [1.807, 2.05) is 0 Å². The van der Waals surface area contributed by atoms with Gasteiger partial charge in [-0.3, -0.25) is 4.90 Å². The lowest BCUT2D eigenvalue weighted by Gasteiger charge is -2.36. The Hall–Kier alpha value is -0.170. The Balaban J connectivity index is 1.75. The predicted octanol–water partition coefficient (Wildman–Crippen LogP) is 0.0942. The van der Waals surface area contributed by atoms with Crippen molar-refractivity contribution < 1.29 is 8.42 Å². The molecule has 0 amide bonds. The molecule has 2 fully saturated rings. The molecule has 18 heavy (non-hydrogen) atoms. The maximum atomic E-state index is 12.1. The molecule has 0 bridgehead atoms. The lowest BCUT2D eigenvalue weighted by molar-refractivity contribution is 0.154. The third kappa shape index (κ3) is 3.91. The number of rotatable bonds is 6. The molecule has 1 N–H and O–H groups in total. The van der Waals surface area contributed by atoms with E-state index >= 15 is 0 Å². The van der Waals surface area contributed by atoms with Gasteiger partial charge in [-0.15, -0.1) is 0 Å². The van der Waals surface area contributed by atoms with Crippen molar-refractivity contribution in [2.75, 3.05) is 38.5 Å². The lowest BCUT2D eigenvalue weighted by atomic mass is 10.3. The fourth-order valence-corrected chi connectivity index (χ4v) is 3.66. The summed E-state index contributed by atoms with van der Waals surface area (Å²) < 4.78 is 25.9. The van der Waals surface area contributed by atoms with Crippen LogP contribution in [0.3, 0.4) is 0 Å². The molecular formula is C12H25N3O2S. The molecule has 0 unspecified atom stereocenters. The molecule has 0 aromatic carbocycles. The Kier molecular flexibility index (Phi) is 4.64. The number of nitrogens with zero attached hydrogens (tertiary/aromatic N) is 2. The fourth-order valence-electron chi connectivity index (χ4n) is 2.31. The second-order valence-corrected chi connectivity index (χ2v) is 7.66. The molecule has 2 aliphatic rings. The van der Waals surface area contributed by atoms with E-state index in [0.717, 1.165) is 13.1 Å². The van der Waals surface area contributed by atoms with Gasteiger partial charge < -0.3 is 5.32 Å². The standard InChI is InChI=1S/C12H25N3O2S/c1-11(2)14-6-8-15(9-7-14)18(16,17)10-5-13-12-3-4-12/h11-13H,3-10H2,1-2H3. The zero-order valence-electron chi connectivity index (χ0n) is 11.4. The Morgan fingerprint density at radius 2 is 1.78 bits per heavy atom. The van der Waals surface area contributed by atoms with Gasteiger partial charge >= 0.3 is 0 Å². The first kappa shape index (κ1) is 14.2. The highest BCUT2D eigenvalue weighted by Crippen LogP contribution is 2.18. The molecule has 1 saturated heterocycles. The van der Waals surface area contributed by atoms with Gasteiger partial charge in [-0.2, -0.15) is 4.31 Å². The maximum Gasteiger partial charge on any atom is 0.215 e. The Bertz CT molecular complexity index is 358. The first-order chi connectivity index (χ1) is 8.49. The van der Waals surface area contributed by atoms with Gasteiger partial charge in [0.25, 0.3) is 0 Å². The summed E-state index contributed by atoms with van der Waals surface area (Å²) in [4.78, 5) is 2.33. The van der Waals surface area contributed by atoms with E-state index in [2.05, 4.69) is 24.1 Å². The van der Waals surface area contributed by atoms with Gasteiger partial charge in [0.05, 0.1) is 5.75 Å². The quantitative estimate of drug-likeness (QED) is 0.747. The Morgan fingerprint density at radius 1 is 1.17 bits per heavy atom. The van der Waals surface area contributed by atoms with Crippen molar-refractivity contribution >= 4 is 10.0 Å². The normalized spacial score (nSPS) is 23.7. The number of sulfonamides is 1. The average Bonchev–Trinajstić information content (AvgIpc) is 3.13. The van der Waals surface area contributed by atoms with E-state index in [1.54, 1.807) is 4.31 Å². The number of piperazine rings is 1. The molecule has 0 aromatic rings. The monoisotopic (exact) mass is 275 g/mol. The van der Waals surface area contributed by atoms with Crippen molar-refractivity contribution in [2.45, 2.75) is 38.8 Å². The van der Waals surface area contributed by atoms with Crippen molar-refractivity contribution in [2.24, 2.45) is 0 Å². The van der Waals surface area contributed by atoms with Crippen LogP contribution in [0, 0.1) is 0 Å². The minimum atomic E-state index is -3.06. The summed E-state index contributed by atoms with van der Waals surface area (Å²) in [5.41, 5.74) is 0. The zero-order chi connectivity index (χ0) is 13.2. The molecule has 0 radical (unpaired) electrons. The van der Waals surface area contributed by atoms with Crippen LogP contribution in [0.4, 0.5) is 0 Å². The molecule has 0 aromatic heterocycles. The SMILES string of the molecule is CC(C)N1CCN(S(=O)(=O)CCNC2CC2)CC1. The number of hydrogen-bond acceptors (Lipinski definition) is 4. The minimum Gasteiger partial charge on any atom is -0.313 e. The van der Waals surface area contributed by atoms with E-state index in [1.165, 1.54) is 12.8 Å². The van der Waals surface area contributed by atoms with E-state index in [-0.39, 0.29) is 5.75 Å². The van der Waals surface area contributed by atoms with Gasteiger partial charge in [0, 0.05) is 44.8 Å². The van der Waals surface area contributed by atoms with Gasteiger partial charge in [0.15, 0.2) is 0 Å². The molecule has 6 heteroatoms. The van der Waals surface area contributed by atoms with Crippen molar-refractivity contribution in [3.63, 3.8) is 0 Å². The highest BCUT2D eigenvalue weighted by atomic mass is 32.2. The van der Waals surface area contributed by atoms with Crippen LogP contribution in [0.5, 0.6) is 0 Å². The summed E-state index contributed by atoms with van der Waals surface area (Å²) in [7, 11) is -3.06. The van der Waals surface area contributed by atoms with Crippen molar-refractivity contribution in [1.82, 2.24) is 14.5 Å². The third-order valence-corrected chi connectivity index (χ3v) is 5.64. The Morgan fingerprint density at radius 3 is 2.28 bits per heavy atom. The van der Waals surface area contributed by atoms with Crippen LogP contribution in [-0.4, -0.2) is 68.2 Å². The molecular weight excluding hydrogens is 250 g/mol. The fraction of sp³-hybridized carbons (Fsp3) is 1.00. The summed E-state index contributed by atoms with van der Waals surface area (Å²) in [6.07, 6.45) is 2.40. The molecule has 0 atom stereocenters. The van der Waals surface area contributed by atoms with Gasteiger partial charge in [0.1, 0.15) is 0 Å². The topological polar surface area (TPSA) is 52.7 Å². The van der Waals surface area contributed by atoms with Crippen LogP contribution in [0.15, 0.2) is 0 Å². The molecule has 1 heterocycles. The van der Waals surface area contributed by atoms with Gasteiger partial charge in [-0.1, -0.05) is 0 Å². The van der Waals surface area contributed by atoms with Crippen LogP contribution < -0.4 is 5.32 Å². The number of nitrogens with one attached hydrogen (secondary N) is 1.